The molecule has 4 rings (SSSR count). The summed E-state index contributed by atoms with van der Waals surface area (Å²) >= 11 is 0. The van der Waals surface area contributed by atoms with Crippen LogP contribution in [0.2, 0.25) is 0 Å². The van der Waals surface area contributed by atoms with Crippen LogP contribution >= 0.6 is 0 Å². The molecule has 1 atom stereocenters. The molecule has 3 N–H and O–H groups in total. The highest BCUT2D eigenvalue weighted by molar-refractivity contribution is 6.16. The highest BCUT2D eigenvalue weighted by Gasteiger charge is 2.28. The van der Waals surface area contributed by atoms with Crippen molar-refractivity contribution < 1.29 is 24.2 Å². The maximum Gasteiger partial charge on any atom is 0.342 e. The van der Waals surface area contributed by atoms with Crippen LogP contribution in [0.4, 0.5) is 0 Å². The number of ether oxygens (including phenoxy) is 1. The van der Waals surface area contributed by atoms with Gasteiger partial charge in [0.25, 0.3) is 0 Å². The minimum atomic E-state index is -0.525. The number of rotatable bonds is 7. The topological polar surface area (TPSA) is 105 Å². The Hall–Kier alpha value is -3.42. The second kappa shape index (κ2) is 8.52. The number of benzene rings is 2. The van der Waals surface area contributed by atoms with Gasteiger partial charge in [-0.05, 0) is 24.6 Å². The van der Waals surface area contributed by atoms with Gasteiger partial charge in [-0.25, -0.2) is 4.79 Å². The van der Waals surface area contributed by atoms with Crippen LogP contribution in [0, 0.1) is 0 Å². The third kappa shape index (κ3) is 3.38. The normalized spacial score (nSPS) is 12.3. The molecule has 2 heterocycles. The van der Waals surface area contributed by atoms with Crippen molar-refractivity contribution in [2.75, 3.05) is 19.8 Å². The van der Waals surface area contributed by atoms with Gasteiger partial charge in [0.1, 0.15) is 23.2 Å². The third-order valence-electron chi connectivity index (χ3n) is 5.03. The van der Waals surface area contributed by atoms with Gasteiger partial charge in [0, 0.05) is 40.7 Å². The standard InChI is InChI=1S/C23H22N2O5/c1-2-29-23(28)17-13-30-22-16-6-4-3-5-15(16)21(27)19(18(17)22)20(25-11-12-26)14-7-9-24-10-8-14/h3-10,13,20,25-27H,2,11-12H2,1H3. The largest absolute Gasteiger partial charge is 0.507 e. The molecule has 7 heteroatoms. The number of fused-ring (bicyclic) bond motifs is 3. The maximum absolute atomic E-state index is 12.7. The van der Waals surface area contributed by atoms with E-state index in [1.165, 1.54) is 6.26 Å². The molecular weight excluding hydrogens is 384 g/mol. The Kier molecular flexibility index (Phi) is 5.65. The number of hydrogen-bond donors (Lipinski definition) is 3. The summed E-state index contributed by atoms with van der Waals surface area (Å²) < 4.78 is 11.0. The first-order valence-electron chi connectivity index (χ1n) is 9.73. The number of phenols is 1. The molecule has 0 amide bonds. The molecule has 0 aliphatic heterocycles. The van der Waals surface area contributed by atoms with Crippen molar-refractivity contribution in [3.63, 3.8) is 0 Å². The first-order valence-corrected chi connectivity index (χ1v) is 9.73. The zero-order valence-corrected chi connectivity index (χ0v) is 16.5. The monoisotopic (exact) mass is 406 g/mol. The van der Waals surface area contributed by atoms with Crippen molar-refractivity contribution in [2.24, 2.45) is 0 Å². The van der Waals surface area contributed by atoms with E-state index in [1.54, 1.807) is 25.4 Å². The van der Waals surface area contributed by atoms with Gasteiger partial charge in [-0.3, -0.25) is 4.98 Å². The highest BCUT2D eigenvalue weighted by Crippen LogP contribution is 2.44. The first-order chi connectivity index (χ1) is 14.7. The van der Waals surface area contributed by atoms with Gasteiger partial charge in [-0.15, -0.1) is 0 Å². The molecule has 154 valence electrons. The fraction of sp³-hybridized carbons (Fsp3) is 0.217. The predicted octanol–water partition coefficient (Wildman–Crippen LogP) is 3.53. The fourth-order valence-corrected chi connectivity index (χ4v) is 3.77. The Morgan fingerprint density at radius 1 is 1.20 bits per heavy atom. The van der Waals surface area contributed by atoms with Crippen LogP contribution in [0.25, 0.3) is 21.7 Å². The number of nitrogens with one attached hydrogen (secondary N) is 1. The van der Waals surface area contributed by atoms with E-state index in [-0.39, 0.29) is 31.1 Å². The summed E-state index contributed by atoms with van der Waals surface area (Å²) in [5.41, 5.74) is 2.04. The summed E-state index contributed by atoms with van der Waals surface area (Å²) in [6.45, 7) is 2.15. The van der Waals surface area contributed by atoms with Crippen LogP contribution in [-0.4, -0.2) is 40.9 Å². The summed E-state index contributed by atoms with van der Waals surface area (Å²) in [7, 11) is 0. The fourth-order valence-electron chi connectivity index (χ4n) is 3.77. The van der Waals surface area contributed by atoms with Crippen LogP contribution in [-0.2, 0) is 4.74 Å². The van der Waals surface area contributed by atoms with E-state index in [9.17, 15) is 15.0 Å². The molecule has 0 aliphatic carbocycles. The summed E-state index contributed by atoms with van der Waals surface area (Å²) in [5, 5.41) is 25.8. The van der Waals surface area contributed by atoms with Crippen molar-refractivity contribution in [2.45, 2.75) is 13.0 Å². The lowest BCUT2D eigenvalue weighted by Crippen LogP contribution is -2.26. The molecule has 0 saturated carbocycles. The average molecular weight is 406 g/mol. The number of furan rings is 1. The van der Waals surface area contributed by atoms with E-state index in [0.29, 0.717) is 27.3 Å². The number of phenolic OH excluding ortho intramolecular Hbond substituents is 1. The predicted molar refractivity (Wildman–Crippen MR) is 113 cm³/mol. The number of esters is 1. The van der Waals surface area contributed by atoms with Gasteiger partial charge in [0.15, 0.2) is 0 Å². The number of aliphatic hydroxyl groups is 1. The Morgan fingerprint density at radius 2 is 1.93 bits per heavy atom. The van der Waals surface area contributed by atoms with Gasteiger partial charge >= 0.3 is 5.97 Å². The maximum atomic E-state index is 12.7. The van der Waals surface area contributed by atoms with Crippen LogP contribution in [0.1, 0.15) is 34.5 Å². The lowest BCUT2D eigenvalue weighted by Gasteiger charge is -2.22. The van der Waals surface area contributed by atoms with Gasteiger partial charge in [-0.1, -0.05) is 24.3 Å². The molecule has 0 fully saturated rings. The number of carbonyl (C=O) groups is 1. The molecule has 2 aromatic carbocycles. The summed E-state index contributed by atoms with van der Waals surface area (Å²) in [6, 6.07) is 10.4. The minimum absolute atomic E-state index is 0.0392. The Morgan fingerprint density at radius 3 is 2.63 bits per heavy atom. The van der Waals surface area contributed by atoms with Crippen LogP contribution < -0.4 is 5.32 Å². The quantitative estimate of drug-likeness (QED) is 0.403. The molecule has 2 aromatic heterocycles. The zero-order valence-electron chi connectivity index (χ0n) is 16.5. The second-order valence-electron chi connectivity index (χ2n) is 6.77. The first kappa shape index (κ1) is 19.9. The Balaban J connectivity index is 2.07. The summed E-state index contributed by atoms with van der Waals surface area (Å²) in [5.74, 6) is -0.486. The second-order valence-corrected chi connectivity index (χ2v) is 6.77. The molecule has 0 saturated heterocycles. The molecule has 7 nitrogen and oxygen atoms in total. The average Bonchev–Trinajstić information content (AvgIpc) is 3.22. The molecule has 30 heavy (non-hydrogen) atoms. The van der Waals surface area contributed by atoms with E-state index < -0.39 is 12.0 Å². The number of carbonyl (C=O) groups excluding carboxylic acids is 1. The third-order valence-corrected chi connectivity index (χ3v) is 5.03. The number of hydrogen-bond acceptors (Lipinski definition) is 7. The van der Waals surface area contributed by atoms with E-state index in [0.717, 1.165) is 5.56 Å². The van der Waals surface area contributed by atoms with Gasteiger partial charge in [-0.2, -0.15) is 0 Å². The van der Waals surface area contributed by atoms with Crippen molar-refractivity contribution in [3.8, 4) is 5.75 Å². The number of nitrogens with zero attached hydrogens (tertiary/aromatic N) is 1. The molecule has 0 bridgehead atoms. The van der Waals surface area contributed by atoms with Crippen LogP contribution in [0.15, 0.2) is 59.5 Å². The zero-order chi connectivity index (χ0) is 21.1. The van der Waals surface area contributed by atoms with Crippen LogP contribution in [0.3, 0.4) is 0 Å². The Labute approximate surface area is 172 Å². The van der Waals surface area contributed by atoms with E-state index >= 15 is 0 Å². The number of aromatic hydroxyl groups is 1. The molecular formula is C23H22N2O5. The van der Waals surface area contributed by atoms with E-state index in [2.05, 4.69) is 10.3 Å². The SMILES string of the molecule is CCOC(=O)c1coc2c1c(C(NCCO)c1ccncc1)c(O)c1ccccc12. The summed E-state index contributed by atoms with van der Waals surface area (Å²) in [4.78, 5) is 16.7. The van der Waals surface area contributed by atoms with Gasteiger partial charge in [0.05, 0.1) is 19.3 Å². The van der Waals surface area contributed by atoms with E-state index in [1.807, 2.05) is 30.3 Å². The number of aliphatic hydroxyl groups excluding tert-OH is 1. The minimum Gasteiger partial charge on any atom is -0.507 e. The lowest BCUT2D eigenvalue weighted by molar-refractivity contribution is 0.0527. The molecule has 0 radical (unpaired) electrons. The molecule has 4 aromatic rings. The summed E-state index contributed by atoms with van der Waals surface area (Å²) in [6.07, 6.45) is 4.67. The van der Waals surface area contributed by atoms with Gasteiger partial charge < -0.3 is 24.7 Å². The van der Waals surface area contributed by atoms with Crippen molar-refractivity contribution in [1.82, 2.24) is 10.3 Å². The molecule has 0 aliphatic rings. The van der Waals surface area contributed by atoms with E-state index in [4.69, 9.17) is 9.15 Å². The smallest absolute Gasteiger partial charge is 0.342 e. The number of pyridine rings is 1. The van der Waals surface area contributed by atoms with Gasteiger partial charge in [0.2, 0.25) is 0 Å². The van der Waals surface area contributed by atoms with Crippen molar-refractivity contribution >= 4 is 27.7 Å². The highest BCUT2D eigenvalue weighted by atomic mass is 16.5. The van der Waals surface area contributed by atoms with Crippen molar-refractivity contribution in [1.29, 1.82) is 0 Å². The van der Waals surface area contributed by atoms with Crippen LogP contribution in [0.5, 0.6) is 5.75 Å². The Bertz CT molecular complexity index is 1190. The molecule has 1 unspecified atom stereocenters. The number of aromatic nitrogens is 1. The molecule has 0 spiro atoms. The lowest BCUT2D eigenvalue weighted by atomic mass is 9.90. The van der Waals surface area contributed by atoms with Crippen molar-refractivity contribution in [3.05, 3.63) is 71.7 Å².